The van der Waals surface area contributed by atoms with Gasteiger partial charge in [0.15, 0.2) is 0 Å². The van der Waals surface area contributed by atoms with Crippen molar-refractivity contribution in [2.24, 2.45) is 5.92 Å². The zero-order valence-electron chi connectivity index (χ0n) is 11.3. The van der Waals surface area contributed by atoms with Crippen LogP contribution in [-0.2, 0) is 11.2 Å². The van der Waals surface area contributed by atoms with E-state index in [2.05, 4.69) is 9.97 Å². The van der Waals surface area contributed by atoms with Crippen LogP contribution < -0.4 is 5.56 Å². The highest BCUT2D eigenvalue weighted by atomic mass is 16.3. The topological polar surface area (TPSA) is 86.3 Å². The average Bonchev–Trinajstić information content (AvgIpc) is 2.25. The fourth-order valence-corrected chi connectivity index (χ4v) is 2.32. The number of rotatable bonds is 4. The Morgan fingerprint density at radius 2 is 2.16 bits per heavy atom. The molecule has 1 aliphatic heterocycles. The number of hydrogen-bond donors (Lipinski definition) is 2. The van der Waals surface area contributed by atoms with E-state index in [0.717, 1.165) is 0 Å². The first-order valence-corrected chi connectivity index (χ1v) is 6.46. The van der Waals surface area contributed by atoms with Gasteiger partial charge in [0.25, 0.3) is 5.56 Å². The molecule has 0 aromatic carbocycles. The predicted molar refractivity (Wildman–Crippen MR) is 69.8 cm³/mol. The number of nitrogens with zero attached hydrogens (tertiary/aromatic N) is 2. The maximum atomic E-state index is 11.9. The Morgan fingerprint density at radius 1 is 1.47 bits per heavy atom. The Balaban J connectivity index is 1.93. The molecule has 0 bridgehead atoms. The molecule has 19 heavy (non-hydrogen) atoms. The third-order valence-electron chi connectivity index (χ3n) is 3.50. The zero-order chi connectivity index (χ0) is 14.0. The minimum absolute atomic E-state index is 0.0316. The molecule has 0 spiro atoms. The van der Waals surface area contributed by atoms with Crippen molar-refractivity contribution in [2.45, 2.75) is 26.7 Å². The van der Waals surface area contributed by atoms with E-state index in [-0.39, 0.29) is 24.0 Å². The number of aromatic amines is 1. The number of aliphatic hydroxyl groups is 1. The molecule has 0 unspecified atom stereocenters. The van der Waals surface area contributed by atoms with Crippen LogP contribution in [0.2, 0.25) is 0 Å². The van der Waals surface area contributed by atoms with E-state index in [1.54, 1.807) is 18.7 Å². The lowest BCUT2D eigenvalue weighted by Crippen LogP contribution is -2.51. The van der Waals surface area contributed by atoms with Gasteiger partial charge in [0.2, 0.25) is 5.91 Å². The molecule has 1 aromatic heterocycles. The van der Waals surface area contributed by atoms with Gasteiger partial charge >= 0.3 is 0 Å². The lowest BCUT2D eigenvalue weighted by atomic mass is 10.00. The quantitative estimate of drug-likeness (QED) is 0.787. The van der Waals surface area contributed by atoms with Crippen LogP contribution in [0.4, 0.5) is 0 Å². The first-order valence-electron chi connectivity index (χ1n) is 6.46. The second-order valence-corrected chi connectivity index (χ2v) is 5.06. The Morgan fingerprint density at radius 3 is 2.74 bits per heavy atom. The van der Waals surface area contributed by atoms with Crippen LogP contribution in [0.15, 0.2) is 4.79 Å². The molecule has 0 radical (unpaired) electrons. The van der Waals surface area contributed by atoms with Gasteiger partial charge < -0.3 is 15.0 Å². The van der Waals surface area contributed by atoms with E-state index in [1.807, 2.05) is 0 Å². The minimum Gasteiger partial charge on any atom is -0.396 e. The number of aryl methyl sites for hydroxylation is 2. The Labute approximate surface area is 111 Å². The molecule has 6 nitrogen and oxygen atoms in total. The maximum Gasteiger partial charge on any atom is 0.254 e. The summed E-state index contributed by atoms with van der Waals surface area (Å²) in [6, 6.07) is 0. The molecule has 1 amide bonds. The van der Waals surface area contributed by atoms with Gasteiger partial charge in [-0.25, -0.2) is 4.98 Å². The van der Waals surface area contributed by atoms with Gasteiger partial charge in [-0.2, -0.15) is 0 Å². The summed E-state index contributed by atoms with van der Waals surface area (Å²) in [4.78, 5) is 32.2. The van der Waals surface area contributed by atoms with Crippen LogP contribution >= 0.6 is 0 Å². The van der Waals surface area contributed by atoms with Crippen LogP contribution in [0.5, 0.6) is 0 Å². The van der Waals surface area contributed by atoms with Gasteiger partial charge in [-0.05, 0) is 20.3 Å². The molecule has 6 heteroatoms. The van der Waals surface area contributed by atoms with Gasteiger partial charge in [-0.3, -0.25) is 9.59 Å². The predicted octanol–water partition coefficient (Wildman–Crippen LogP) is -0.230. The van der Waals surface area contributed by atoms with Gasteiger partial charge in [0.05, 0.1) is 0 Å². The third kappa shape index (κ3) is 3.01. The summed E-state index contributed by atoms with van der Waals surface area (Å²) in [5.41, 5.74) is 1.11. The van der Waals surface area contributed by atoms with Crippen LogP contribution in [-0.4, -0.2) is 45.6 Å². The summed E-state index contributed by atoms with van der Waals surface area (Å²) in [7, 11) is 0. The van der Waals surface area contributed by atoms with Gasteiger partial charge in [-0.1, -0.05) is 0 Å². The number of carbonyl (C=O) groups is 1. The summed E-state index contributed by atoms with van der Waals surface area (Å²) in [5, 5.41) is 8.90. The maximum absolute atomic E-state index is 11.9. The van der Waals surface area contributed by atoms with E-state index < -0.39 is 0 Å². The van der Waals surface area contributed by atoms with Crippen LogP contribution in [0.3, 0.4) is 0 Å². The first kappa shape index (κ1) is 13.7. The van der Waals surface area contributed by atoms with Crippen molar-refractivity contribution in [1.82, 2.24) is 14.9 Å². The highest BCUT2D eigenvalue weighted by molar-refractivity contribution is 5.77. The molecule has 104 valence electrons. The molecular formula is C13H19N3O3. The van der Waals surface area contributed by atoms with Crippen molar-refractivity contribution in [3.8, 4) is 0 Å². The number of carbonyl (C=O) groups excluding carboxylic acids is 1. The van der Waals surface area contributed by atoms with Crippen LogP contribution in [0.25, 0.3) is 0 Å². The molecule has 2 heterocycles. The number of likely N-dealkylation sites (tertiary alicyclic amines) is 1. The first-order chi connectivity index (χ1) is 9.01. The van der Waals surface area contributed by atoms with Gasteiger partial charge in [-0.15, -0.1) is 0 Å². The number of hydrogen-bond acceptors (Lipinski definition) is 4. The monoisotopic (exact) mass is 265 g/mol. The Bertz CT molecular complexity index is 532. The molecule has 1 aliphatic rings. The van der Waals surface area contributed by atoms with E-state index in [0.29, 0.717) is 43.0 Å². The minimum atomic E-state index is -0.158. The molecule has 1 saturated heterocycles. The number of aliphatic hydroxyl groups excluding tert-OH is 1. The number of nitrogens with one attached hydrogen (secondary N) is 1. The third-order valence-corrected chi connectivity index (χ3v) is 3.50. The summed E-state index contributed by atoms with van der Waals surface area (Å²) in [5.74, 6) is 0.838. The SMILES string of the molecule is Cc1nc(C)c(CCC(=O)N2CC(CO)C2)c(=O)[nH]1. The second-order valence-electron chi connectivity index (χ2n) is 5.06. The second kappa shape index (κ2) is 5.52. The van der Waals surface area contributed by atoms with Gasteiger partial charge in [0.1, 0.15) is 5.82 Å². The van der Waals surface area contributed by atoms with Crippen molar-refractivity contribution >= 4 is 5.91 Å². The average molecular weight is 265 g/mol. The molecule has 2 N–H and O–H groups in total. The fraction of sp³-hybridized carbons (Fsp3) is 0.615. The van der Waals surface area contributed by atoms with Crippen molar-refractivity contribution in [3.63, 3.8) is 0 Å². The van der Waals surface area contributed by atoms with Crippen molar-refractivity contribution in [3.05, 3.63) is 27.4 Å². The molecule has 0 atom stereocenters. The number of amides is 1. The number of H-pyrrole nitrogens is 1. The smallest absolute Gasteiger partial charge is 0.254 e. The Kier molecular flexibility index (Phi) is 3.99. The van der Waals surface area contributed by atoms with E-state index >= 15 is 0 Å². The summed E-state index contributed by atoms with van der Waals surface area (Å²) in [6.45, 7) is 4.89. The number of aromatic nitrogens is 2. The summed E-state index contributed by atoms with van der Waals surface area (Å²) >= 11 is 0. The standard InChI is InChI=1S/C13H19N3O3/c1-8-11(13(19)15-9(2)14-8)3-4-12(18)16-5-10(6-16)7-17/h10,17H,3-7H2,1-2H3,(H,14,15,19). The Hall–Kier alpha value is -1.69. The molecule has 1 aromatic rings. The molecule has 0 aliphatic carbocycles. The lowest BCUT2D eigenvalue weighted by molar-refractivity contribution is -0.138. The van der Waals surface area contributed by atoms with Crippen molar-refractivity contribution < 1.29 is 9.90 Å². The largest absolute Gasteiger partial charge is 0.396 e. The molecule has 2 rings (SSSR count). The zero-order valence-corrected chi connectivity index (χ0v) is 11.3. The molecule has 0 saturated carbocycles. The van der Waals surface area contributed by atoms with Gasteiger partial charge in [0, 0.05) is 43.3 Å². The van der Waals surface area contributed by atoms with E-state index in [4.69, 9.17) is 5.11 Å². The van der Waals surface area contributed by atoms with E-state index in [1.165, 1.54) is 0 Å². The van der Waals surface area contributed by atoms with Crippen molar-refractivity contribution in [1.29, 1.82) is 0 Å². The van der Waals surface area contributed by atoms with Crippen LogP contribution in [0, 0.1) is 19.8 Å². The highest BCUT2D eigenvalue weighted by Gasteiger charge is 2.29. The summed E-state index contributed by atoms with van der Waals surface area (Å²) < 4.78 is 0. The molecular weight excluding hydrogens is 246 g/mol. The van der Waals surface area contributed by atoms with Crippen LogP contribution in [0.1, 0.15) is 23.5 Å². The van der Waals surface area contributed by atoms with E-state index in [9.17, 15) is 9.59 Å². The highest BCUT2D eigenvalue weighted by Crippen LogP contribution is 2.16. The molecule has 1 fully saturated rings. The van der Waals surface area contributed by atoms with Crippen molar-refractivity contribution in [2.75, 3.05) is 19.7 Å². The fourth-order valence-electron chi connectivity index (χ4n) is 2.32. The lowest BCUT2D eigenvalue weighted by Gasteiger charge is -2.38. The normalized spacial score (nSPS) is 15.4. The summed E-state index contributed by atoms with van der Waals surface area (Å²) in [6.07, 6.45) is 0.723.